The Bertz CT molecular complexity index is 297. The molecule has 70 valence electrons. The average molecular weight is 200 g/mol. The molecule has 0 fully saturated rings. The Labute approximate surface area is 79.8 Å². The number of hydrogen-bond acceptors (Lipinski definition) is 2. The minimum absolute atomic E-state index is 0.185. The highest BCUT2D eigenvalue weighted by atomic mass is 32.2. The molecular weight excluding hydrogens is 191 g/mol. The summed E-state index contributed by atoms with van der Waals surface area (Å²) in [5.41, 5.74) is 0.185. The topological polar surface area (TPSA) is 37.3 Å². The van der Waals surface area contributed by atoms with Crippen molar-refractivity contribution in [2.75, 3.05) is 6.26 Å². The van der Waals surface area contributed by atoms with Crippen molar-refractivity contribution in [1.29, 1.82) is 0 Å². The lowest BCUT2D eigenvalue weighted by atomic mass is 10.1. The van der Waals surface area contributed by atoms with Crippen LogP contribution in [0.25, 0.3) is 0 Å². The minimum Gasteiger partial charge on any atom is -0.479 e. The number of rotatable bonds is 3. The summed E-state index contributed by atoms with van der Waals surface area (Å²) in [6.07, 6.45) is -0.0185. The maximum absolute atomic E-state index is 12.9. The van der Waals surface area contributed by atoms with Crippen LogP contribution < -0.4 is 0 Å². The van der Waals surface area contributed by atoms with Gasteiger partial charge in [0, 0.05) is 4.90 Å². The van der Waals surface area contributed by atoms with Crippen LogP contribution in [0.15, 0.2) is 29.2 Å². The summed E-state index contributed by atoms with van der Waals surface area (Å²) in [5.74, 6) is -1.45. The van der Waals surface area contributed by atoms with E-state index in [0.717, 1.165) is 4.90 Å². The zero-order chi connectivity index (χ0) is 9.84. The Morgan fingerprint density at radius 3 is 2.38 bits per heavy atom. The molecule has 0 aliphatic carbocycles. The number of carbonyl (C=O) groups is 1. The first kappa shape index (κ1) is 10.1. The van der Waals surface area contributed by atoms with Gasteiger partial charge in [-0.2, -0.15) is 0 Å². The number of aliphatic carboxylic acids is 1. The molecule has 0 bridgehead atoms. The predicted molar refractivity (Wildman–Crippen MR) is 49.7 cm³/mol. The smallest absolute Gasteiger partial charge is 0.343 e. The van der Waals surface area contributed by atoms with E-state index < -0.39 is 12.1 Å². The zero-order valence-electron chi connectivity index (χ0n) is 7.03. The van der Waals surface area contributed by atoms with Gasteiger partial charge in [-0.05, 0) is 24.0 Å². The fourth-order valence-electron chi connectivity index (χ4n) is 0.915. The molecule has 1 aromatic carbocycles. The summed E-state index contributed by atoms with van der Waals surface area (Å²) in [7, 11) is 0. The fraction of sp³-hybridized carbons (Fsp3) is 0.222. The van der Waals surface area contributed by atoms with Crippen molar-refractivity contribution in [3.8, 4) is 0 Å². The lowest BCUT2D eigenvalue weighted by molar-refractivity contribution is -0.143. The van der Waals surface area contributed by atoms with Gasteiger partial charge < -0.3 is 5.11 Å². The highest BCUT2D eigenvalue weighted by Gasteiger charge is 2.17. The van der Waals surface area contributed by atoms with Gasteiger partial charge in [0.1, 0.15) is 0 Å². The van der Waals surface area contributed by atoms with Crippen molar-refractivity contribution in [3.05, 3.63) is 29.8 Å². The van der Waals surface area contributed by atoms with Crippen LogP contribution >= 0.6 is 11.8 Å². The first-order valence-electron chi connectivity index (χ1n) is 3.66. The molecule has 1 rings (SSSR count). The van der Waals surface area contributed by atoms with Gasteiger partial charge >= 0.3 is 5.97 Å². The summed E-state index contributed by atoms with van der Waals surface area (Å²) in [5, 5.41) is 8.38. The molecule has 0 amide bonds. The van der Waals surface area contributed by atoms with Crippen LogP contribution in [-0.4, -0.2) is 17.3 Å². The summed E-state index contributed by atoms with van der Waals surface area (Å²) in [6, 6.07) is 6.39. The van der Waals surface area contributed by atoms with E-state index >= 15 is 0 Å². The van der Waals surface area contributed by atoms with Crippen molar-refractivity contribution < 1.29 is 14.3 Å². The normalized spacial score (nSPS) is 12.5. The van der Waals surface area contributed by atoms with Crippen LogP contribution in [0.1, 0.15) is 11.7 Å². The van der Waals surface area contributed by atoms with Crippen LogP contribution in [0, 0.1) is 0 Å². The van der Waals surface area contributed by atoms with E-state index in [1.807, 2.05) is 6.26 Å². The Kier molecular flexibility index (Phi) is 3.31. The van der Waals surface area contributed by atoms with Gasteiger partial charge in [0.2, 0.25) is 6.17 Å². The first-order chi connectivity index (χ1) is 6.15. The van der Waals surface area contributed by atoms with Crippen LogP contribution in [-0.2, 0) is 4.79 Å². The van der Waals surface area contributed by atoms with Crippen molar-refractivity contribution in [2.24, 2.45) is 0 Å². The van der Waals surface area contributed by atoms with Crippen LogP contribution in [0.5, 0.6) is 0 Å². The van der Waals surface area contributed by atoms with Crippen molar-refractivity contribution >= 4 is 17.7 Å². The molecule has 4 heteroatoms. The van der Waals surface area contributed by atoms with E-state index in [-0.39, 0.29) is 5.56 Å². The van der Waals surface area contributed by atoms with Crippen molar-refractivity contribution in [2.45, 2.75) is 11.1 Å². The molecule has 0 heterocycles. The van der Waals surface area contributed by atoms with Gasteiger partial charge in [0.25, 0.3) is 0 Å². The van der Waals surface area contributed by atoms with Gasteiger partial charge in [-0.1, -0.05) is 12.1 Å². The van der Waals surface area contributed by atoms with Crippen LogP contribution in [0.2, 0.25) is 0 Å². The lowest BCUT2D eigenvalue weighted by Gasteiger charge is -2.03. The van der Waals surface area contributed by atoms with Gasteiger partial charge in [0.15, 0.2) is 0 Å². The number of thioether (sulfide) groups is 1. The second-order valence-electron chi connectivity index (χ2n) is 2.47. The zero-order valence-corrected chi connectivity index (χ0v) is 7.84. The van der Waals surface area contributed by atoms with Crippen molar-refractivity contribution in [1.82, 2.24) is 0 Å². The Balaban J connectivity index is 2.85. The molecule has 13 heavy (non-hydrogen) atoms. The van der Waals surface area contributed by atoms with Gasteiger partial charge in [-0.15, -0.1) is 11.8 Å². The van der Waals surface area contributed by atoms with E-state index in [2.05, 4.69) is 0 Å². The lowest BCUT2D eigenvalue weighted by Crippen LogP contribution is -2.05. The molecule has 0 aromatic heterocycles. The Morgan fingerprint density at radius 2 is 2.00 bits per heavy atom. The third kappa shape index (κ3) is 2.45. The molecule has 2 nitrogen and oxygen atoms in total. The molecule has 0 spiro atoms. The molecule has 0 saturated carbocycles. The largest absolute Gasteiger partial charge is 0.479 e. The summed E-state index contributed by atoms with van der Waals surface area (Å²) in [6.45, 7) is 0. The van der Waals surface area contributed by atoms with E-state index in [4.69, 9.17) is 5.11 Å². The van der Waals surface area contributed by atoms with Gasteiger partial charge in [-0.25, -0.2) is 9.18 Å². The number of hydrogen-bond donors (Lipinski definition) is 1. The van der Waals surface area contributed by atoms with Crippen molar-refractivity contribution in [3.63, 3.8) is 0 Å². The molecule has 1 N–H and O–H groups in total. The maximum Gasteiger partial charge on any atom is 0.343 e. The summed E-state index contributed by atoms with van der Waals surface area (Å²) < 4.78 is 12.9. The van der Waals surface area contributed by atoms with Gasteiger partial charge in [-0.3, -0.25) is 0 Å². The number of halogens is 1. The third-order valence-corrected chi connectivity index (χ3v) is 2.37. The minimum atomic E-state index is -1.92. The van der Waals surface area contributed by atoms with Crippen LogP contribution in [0.4, 0.5) is 4.39 Å². The molecule has 1 aromatic rings. The highest BCUT2D eigenvalue weighted by molar-refractivity contribution is 7.98. The fourth-order valence-corrected chi connectivity index (χ4v) is 1.32. The maximum atomic E-state index is 12.9. The van der Waals surface area contributed by atoms with E-state index in [1.54, 1.807) is 12.1 Å². The quantitative estimate of drug-likeness (QED) is 0.762. The number of carboxylic acid groups (broad SMARTS) is 1. The second-order valence-corrected chi connectivity index (χ2v) is 3.35. The number of carboxylic acids is 1. The Morgan fingerprint density at radius 1 is 1.46 bits per heavy atom. The third-order valence-electron chi connectivity index (χ3n) is 1.63. The summed E-state index contributed by atoms with van der Waals surface area (Å²) >= 11 is 1.53. The molecule has 0 radical (unpaired) electrons. The monoisotopic (exact) mass is 200 g/mol. The SMILES string of the molecule is CSc1ccc(C(F)C(=O)O)cc1. The number of benzene rings is 1. The summed E-state index contributed by atoms with van der Waals surface area (Å²) in [4.78, 5) is 11.3. The highest BCUT2D eigenvalue weighted by Crippen LogP contribution is 2.21. The molecule has 0 saturated heterocycles. The molecule has 0 aliphatic heterocycles. The van der Waals surface area contributed by atoms with E-state index in [1.165, 1.54) is 23.9 Å². The van der Waals surface area contributed by atoms with E-state index in [0.29, 0.717) is 0 Å². The molecule has 1 unspecified atom stereocenters. The molecule has 1 atom stereocenters. The molecule has 0 aliphatic rings. The standard InChI is InChI=1S/C9H9FO2S/c1-13-7-4-2-6(3-5-7)8(10)9(11)12/h2-5,8H,1H3,(H,11,12). The van der Waals surface area contributed by atoms with E-state index in [9.17, 15) is 9.18 Å². The Hall–Kier alpha value is -1.03. The molecular formula is C9H9FO2S. The predicted octanol–water partition coefficient (Wildman–Crippen LogP) is 2.50. The second kappa shape index (κ2) is 4.28. The average Bonchev–Trinajstić information content (AvgIpc) is 2.17. The van der Waals surface area contributed by atoms with Crippen LogP contribution in [0.3, 0.4) is 0 Å². The number of alkyl halides is 1. The first-order valence-corrected chi connectivity index (χ1v) is 4.88. The van der Waals surface area contributed by atoms with Gasteiger partial charge in [0.05, 0.1) is 0 Å².